The fourth-order valence-electron chi connectivity index (χ4n) is 6.79. The van der Waals surface area contributed by atoms with Crippen molar-refractivity contribution in [1.29, 1.82) is 0 Å². The lowest BCUT2D eigenvalue weighted by Gasteiger charge is -2.41. The maximum Gasteiger partial charge on any atom is 0.201 e. The molecule has 1 N–H and O–H groups in total. The molecule has 4 aromatic rings. The summed E-state index contributed by atoms with van der Waals surface area (Å²) in [6.07, 6.45) is 4.97. The van der Waals surface area contributed by atoms with Gasteiger partial charge in [-0.25, -0.2) is 0 Å². The van der Waals surface area contributed by atoms with Crippen molar-refractivity contribution < 1.29 is 0 Å². The Balaban J connectivity index is 1.56. The number of hydrogen-bond acceptors (Lipinski definition) is 2. The maximum absolute atomic E-state index is 4.39. The van der Waals surface area contributed by atoms with E-state index >= 15 is 0 Å². The van der Waals surface area contributed by atoms with E-state index in [0.717, 1.165) is 13.1 Å². The number of hydrogen-bond donors (Lipinski definition) is 1. The second kappa shape index (κ2) is 10.6. The van der Waals surface area contributed by atoms with Crippen LogP contribution in [0.5, 0.6) is 0 Å². The predicted octanol–water partition coefficient (Wildman–Crippen LogP) is 6.83. The molecule has 0 spiro atoms. The Morgan fingerprint density at radius 3 is 1.87 bits per heavy atom. The molecule has 3 heteroatoms. The van der Waals surface area contributed by atoms with E-state index in [2.05, 4.69) is 141 Å². The summed E-state index contributed by atoms with van der Waals surface area (Å²) in [5.74, 6) is 0. The molecule has 0 amide bonds. The largest absolute Gasteiger partial charge is 0.363 e. The van der Waals surface area contributed by atoms with Crippen LogP contribution in [0.25, 0.3) is 5.70 Å². The minimum absolute atomic E-state index is 0.289. The molecule has 2 aliphatic rings. The first-order valence-corrected chi connectivity index (χ1v) is 16.6. The van der Waals surface area contributed by atoms with Crippen LogP contribution in [-0.4, -0.2) is 19.2 Å². The van der Waals surface area contributed by atoms with Crippen LogP contribution in [0, 0.1) is 13.8 Å². The van der Waals surface area contributed by atoms with E-state index in [1.807, 2.05) is 0 Å². The van der Waals surface area contributed by atoms with Gasteiger partial charge in [0.05, 0.1) is 0 Å². The SMILES string of the molecule is CCCC(C)N[Si](c1ccc(C)cc1)(c1ccc(C)cc1)C1C=C(N2Cc3ccccc3C2)c2ccccc21. The van der Waals surface area contributed by atoms with Crippen molar-refractivity contribution >= 4 is 24.3 Å². The molecule has 2 nitrogen and oxygen atoms in total. The van der Waals surface area contributed by atoms with E-state index in [4.69, 9.17) is 0 Å². The molecule has 1 aliphatic carbocycles. The van der Waals surface area contributed by atoms with Crippen molar-refractivity contribution in [3.8, 4) is 0 Å². The average molecular weight is 529 g/mol. The van der Waals surface area contributed by atoms with Gasteiger partial charge in [0.25, 0.3) is 0 Å². The monoisotopic (exact) mass is 528 g/mol. The molecule has 6 rings (SSSR count). The Morgan fingerprint density at radius 1 is 0.769 bits per heavy atom. The highest BCUT2D eigenvalue weighted by atomic mass is 28.3. The van der Waals surface area contributed by atoms with Gasteiger partial charge in [-0.05, 0) is 53.4 Å². The number of aryl methyl sites for hydroxylation is 2. The molecule has 198 valence electrons. The molecular formula is C36H40N2Si. The van der Waals surface area contributed by atoms with Crippen molar-refractivity contribution in [2.75, 3.05) is 0 Å². The Morgan fingerprint density at radius 2 is 1.31 bits per heavy atom. The first-order valence-electron chi connectivity index (χ1n) is 14.5. The van der Waals surface area contributed by atoms with Gasteiger partial charge in [-0.3, -0.25) is 0 Å². The second-order valence-corrected chi connectivity index (χ2v) is 15.3. The van der Waals surface area contributed by atoms with E-state index in [9.17, 15) is 0 Å². The topological polar surface area (TPSA) is 15.3 Å². The molecule has 0 aromatic heterocycles. The summed E-state index contributed by atoms with van der Waals surface area (Å²) in [5, 5.41) is 2.92. The molecule has 2 unspecified atom stereocenters. The van der Waals surface area contributed by atoms with Crippen LogP contribution in [-0.2, 0) is 13.1 Å². The van der Waals surface area contributed by atoms with Gasteiger partial charge >= 0.3 is 0 Å². The zero-order valence-electron chi connectivity index (χ0n) is 23.7. The molecule has 0 fully saturated rings. The fraction of sp³-hybridized carbons (Fsp3) is 0.278. The Bertz CT molecular complexity index is 1410. The van der Waals surface area contributed by atoms with Crippen LogP contribution < -0.4 is 15.4 Å². The summed E-state index contributed by atoms with van der Waals surface area (Å²) in [6, 6.07) is 37.4. The van der Waals surface area contributed by atoms with E-state index in [-0.39, 0.29) is 5.54 Å². The number of benzene rings is 4. The fourth-order valence-corrected chi connectivity index (χ4v) is 11.8. The highest BCUT2D eigenvalue weighted by Crippen LogP contribution is 2.44. The van der Waals surface area contributed by atoms with Crippen LogP contribution >= 0.6 is 0 Å². The van der Waals surface area contributed by atoms with Crippen LogP contribution in [0.2, 0.25) is 0 Å². The van der Waals surface area contributed by atoms with Crippen molar-refractivity contribution in [3.05, 3.63) is 137 Å². The standard InChI is InChI=1S/C36H40N2Si/c1-5-10-28(4)37-39(31-19-15-26(2)16-20-31,32-21-17-27(3)18-22-32)36-23-35(33-13-8-9-14-34(33)36)38-24-29-11-6-7-12-30(29)25-38/h6-9,11-23,28,36-37H,5,10,24-25H2,1-4H3. The highest BCUT2D eigenvalue weighted by molar-refractivity contribution is 7.01. The first kappa shape index (κ1) is 25.9. The van der Waals surface area contributed by atoms with E-state index in [1.165, 1.54) is 62.3 Å². The van der Waals surface area contributed by atoms with Gasteiger partial charge in [0, 0.05) is 29.9 Å². The average Bonchev–Trinajstić information content (AvgIpc) is 3.55. The summed E-state index contributed by atoms with van der Waals surface area (Å²) < 4.78 is 0. The number of fused-ring (bicyclic) bond motifs is 2. The van der Waals surface area contributed by atoms with Gasteiger partial charge in [-0.15, -0.1) is 0 Å². The molecular weight excluding hydrogens is 488 g/mol. The molecule has 1 aliphatic heterocycles. The minimum atomic E-state index is -2.54. The van der Waals surface area contributed by atoms with Gasteiger partial charge in [0.15, 0.2) is 0 Å². The van der Waals surface area contributed by atoms with E-state index in [1.54, 1.807) is 0 Å². The number of allylic oxidation sites excluding steroid dienone is 1. The summed E-state index contributed by atoms with van der Waals surface area (Å²) in [5.41, 5.74) is 10.1. The van der Waals surface area contributed by atoms with Gasteiger partial charge in [0.1, 0.15) is 0 Å². The zero-order valence-corrected chi connectivity index (χ0v) is 24.7. The van der Waals surface area contributed by atoms with Crippen molar-refractivity contribution in [2.45, 2.75) is 65.2 Å². The van der Waals surface area contributed by atoms with E-state index in [0.29, 0.717) is 6.04 Å². The van der Waals surface area contributed by atoms with Crippen LogP contribution in [0.1, 0.15) is 65.6 Å². The first-order chi connectivity index (χ1) is 19.0. The predicted molar refractivity (Wildman–Crippen MR) is 168 cm³/mol. The lowest BCUT2D eigenvalue weighted by Crippen LogP contribution is -2.73. The van der Waals surface area contributed by atoms with Crippen molar-refractivity contribution in [1.82, 2.24) is 9.88 Å². The Labute approximate surface area is 235 Å². The lowest BCUT2D eigenvalue weighted by molar-refractivity contribution is 0.423. The number of nitrogens with zero attached hydrogens (tertiary/aromatic N) is 1. The number of rotatable bonds is 8. The third-order valence-electron chi connectivity index (χ3n) is 8.75. The summed E-state index contributed by atoms with van der Waals surface area (Å²) >= 11 is 0. The maximum atomic E-state index is 4.39. The molecule has 0 bridgehead atoms. The molecule has 1 heterocycles. The Hall–Kier alpha value is -3.40. The van der Waals surface area contributed by atoms with Gasteiger partial charge < -0.3 is 9.88 Å². The van der Waals surface area contributed by atoms with E-state index < -0.39 is 8.24 Å². The van der Waals surface area contributed by atoms with Crippen molar-refractivity contribution in [3.63, 3.8) is 0 Å². The molecule has 39 heavy (non-hydrogen) atoms. The van der Waals surface area contributed by atoms with Crippen LogP contribution in [0.4, 0.5) is 0 Å². The third-order valence-corrected chi connectivity index (χ3v) is 13.6. The zero-order chi connectivity index (χ0) is 27.0. The minimum Gasteiger partial charge on any atom is -0.363 e. The Kier molecular flexibility index (Phi) is 7.05. The number of nitrogens with one attached hydrogen (secondary N) is 1. The highest BCUT2D eigenvalue weighted by Gasteiger charge is 2.49. The van der Waals surface area contributed by atoms with Gasteiger partial charge in [0.2, 0.25) is 8.24 Å². The molecule has 2 atom stereocenters. The van der Waals surface area contributed by atoms with Crippen LogP contribution in [0.15, 0.2) is 103 Å². The molecule has 4 aromatic carbocycles. The summed E-state index contributed by atoms with van der Waals surface area (Å²) in [6.45, 7) is 11.0. The molecule has 0 radical (unpaired) electrons. The van der Waals surface area contributed by atoms with Gasteiger partial charge in [-0.1, -0.05) is 135 Å². The summed E-state index contributed by atoms with van der Waals surface area (Å²) in [4.78, 5) is 6.99. The van der Waals surface area contributed by atoms with Crippen LogP contribution in [0.3, 0.4) is 0 Å². The normalized spacial score (nSPS) is 17.1. The quantitative estimate of drug-likeness (QED) is 0.252. The van der Waals surface area contributed by atoms with Gasteiger partial charge in [-0.2, -0.15) is 0 Å². The molecule has 0 saturated carbocycles. The van der Waals surface area contributed by atoms with Crippen molar-refractivity contribution in [2.24, 2.45) is 0 Å². The third kappa shape index (κ3) is 4.68. The summed E-state index contributed by atoms with van der Waals surface area (Å²) in [7, 11) is -2.54. The lowest BCUT2D eigenvalue weighted by atomic mass is 10.1. The second-order valence-electron chi connectivity index (χ2n) is 11.6. The smallest absolute Gasteiger partial charge is 0.201 e. The molecule has 0 saturated heterocycles.